The highest BCUT2D eigenvalue weighted by molar-refractivity contribution is 5.84. The third-order valence-corrected chi connectivity index (χ3v) is 3.23. The number of likely N-dealkylation sites (tertiary alicyclic amines) is 1. The molecule has 1 rings (SSSR count). The van der Waals surface area contributed by atoms with Crippen LogP contribution in [0, 0.1) is 12.8 Å². The van der Waals surface area contributed by atoms with Crippen LogP contribution in [-0.2, 0) is 9.59 Å². The Hall–Kier alpha value is -1.50. The monoisotopic (exact) mass is 296 g/mol. The SMILES string of the molecule is C#C.CC.CCCN(CC)C(=O)CN1CCCCCC1=O. The number of terminal acetylenes is 1. The number of hydrogen-bond acceptors (Lipinski definition) is 2. The van der Waals surface area contributed by atoms with Crippen LogP contribution in [0.1, 0.15) is 59.8 Å². The minimum Gasteiger partial charge on any atom is -0.341 e. The maximum absolute atomic E-state index is 12.0. The first-order chi connectivity index (χ1) is 10.2. The molecule has 0 aromatic heterocycles. The van der Waals surface area contributed by atoms with Gasteiger partial charge in [0.25, 0.3) is 0 Å². The van der Waals surface area contributed by atoms with Crippen molar-refractivity contribution in [3.8, 4) is 12.8 Å². The lowest BCUT2D eigenvalue weighted by Gasteiger charge is -2.25. The van der Waals surface area contributed by atoms with Gasteiger partial charge in [0.2, 0.25) is 11.8 Å². The average Bonchev–Trinajstić information content (AvgIpc) is 2.73. The summed E-state index contributed by atoms with van der Waals surface area (Å²) in [4.78, 5) is 27.4. The van der Waals surface area contributed by atoms with Crippen LogP contribution < -0.4 is 0 Å². The van der Waals surface area contributed by atoms with E-state index in [1.165, 1.54) is 0 Å². The molecule has 1 fully saturated rings. The summed E-state index contributed by atoms with van der Waals surface area (Å²) in [5.41, 5.74) is 0. The van der Waals surface area contributed by atoms with Crippen LogP contribution in [0.5, 0.6) is 0 Å². The van der Waals surface area contributed by atoms with Gasteiger partial charge in [-0.2, -0.15) is 0 Å². The van der Waals surface area contributed by atoms with Gasteiger partial charge in [-0.25, -0.2) is 0 Å². The van der Waals surface area contributed by atoms with Gasteiger partial charge in [0.05, 0.1) is 6.54 Å². The van der Waals surface area contributed by atoms with E-state index in [0.717, 1.165) is 45.3 Å². The van der Waals surface area contributed by atoms with E-state index in [-0.39, 0.29) is 18.4 Å². The summed E-state index contributed by atoms with van der Waals surface area (Å²) in [7, 11) is 0. The van der Waals surface area contributed by atoms with Crippen molar-refractivity contribution in [1.82, 2.24) is 9.80 Å². The van der Waals surface area contributed by atoms with Gasteiger partial charge in [0.1, 0.15) is 0 Å². The number of nitrogens with zero attached hydrogens (tertiary/aromatic N) is 2. The average molecular weight is 296 g/mol. The fourth-order valence-corrected chi connectivity index (χ4v) is 2.20. The van der Waals surface area contributed by atoms with E-state index >= 15 is 0 Å². The van der Waals surface area contributed by atoms with E-state index in [9.17, 15) is 9.59 Å². The molecule has 0 spiro atoms. The first-order valence-electron chi connectivity index (χ1n) is 8.08. The molecule has 0 unspecified atom stereocenters. The number of hydrogen-bond donors (Lipinski definition) is 0. The lowest BCUT2D eigenvalue weighted by molar-refractivity contribution is -0.140. The minimum atomic E-state index is 0.0876. The molecule has 1 saturated heterocycles. The Bertz CT molecular complexity index is 300. The molecule has 1 aliphatic heterocycles. The molecule has 0 saturated carbocycles. The summed E-state index contributed by atoms with van der Waals surface area (Å²) in [6, 6.07) is 0. The summed E-state index contributed by atoms with van der Waals surface area (Å²) in [5, 5.41) is 0. The molecule has 0 aliphatic carbocycles. The third kappa shape index (κ3) is 9.12. The molecule has 0 bridgehead atoms. The second-order valence-electron chi connectivity index (χ2n) is 4.60. The van der Waals surface area contributed by atoms with Gasteiger partial charge in [-0.15, -0.1) is 12.8 Å². The number of amides is 2. The molecular weight excluding hydrogens is 264 g/mol. The maximum Gasteiger partial charge on any atom is 0.242 e. The van der Waals surface area contributed by atoms with Crippen LogP contribution in [0.15, 0.2) is 0 Å². The summed E-state index contributed by atoms with van der Waals surface area (Å²) in [5.74, 6) is 0.230. The zero-order chi connectivity index (χ0) is 16.7. The Morgan fingerprint density at radius 2 is 1.81 bits per heavy atom. The van der Waals surface area contributed by atoms with Crippen molar-refractivity contribution >= 4 is 11.8 Å². The van der Waals surface area contributed by atoms with Crippen molar-refractivity contribution in [2.75, 3.05) is 26.2 Å². The number of likely N-dealkylation sites (N-methyl/N-ethyl adjacent to an activating group) is 1. The normalized spacial score (nSPS) is 14.0. The topological polar surface area (TPSA) is 40.6 Å². The molecule has 4 heteroatoms. The van der Waals surface area contributed by atoms with Gasteiger partial charge in [-0.1, -0.05) is 27.2 Å². The molecule has 4 nitrogen and oxygen atoms in total. The Kier molecular flexibility index (Phi) is 15.5. The lowest BCUT2D eigenvalue weighted by Crippen LogP contribution is -2.43. The second-order valence-corrected chi connectivity index (χ2v) is 4.60. The fourth-order valence-electron chi connectivity index (χ4n) is 2.20. The molecule has 2 amide bonds. The molecule has 1 aliphatic rings. The number of carbonyl (C=O) groups is 2. The summed E-state index contributed by atoms with van der Waals surface area (Å²) in [6.45, 7) is 10.6. The van der Waals surface area contributed by atoms with Crippen LogP contribution in [0.4, 0.5) is 0 Å². The minimum absolute atomic E-state index is 0.0876. The predicted octanol–water partition coefficient (Wildman–Crippen LogP) is 2.92. The zero-order valence-corrected chi connectivity index (χ0v) is 14.2. The lowest BCUT2D eigenvalue weighted by atomic mass is 10.2. The van der Waals surface area contributed by atoms with E-state index in [2.05, 4.69) is 19.8 Å². The van der Waals surface area contributed by atoms with Crippen LogP contribution in [0.25, 0.3) is 0 Å². The van der Waals surface area contributed by atoms with Gasteiger partial charge in [0.15, 0.2) is 0 Å². The summed E-state index contributed by atoms with van der Waals surface area (Å²) < 4.78 is 0. The van der Waals surface area contributed by atoms with Crippen LogP contribution in [-0.4, -0.2) is 47.8 Å². The molecule has 0 N–H and O–H groups in total. The summed E-state index contributed by atoms with van der Waals surface area (Å²) >= 11 is 0. The van der Waals surface area contributed by atoms with Crippen LogP contribution >= 0.6 is 0 Å². The second kappa shape index (κ2) is 14.9. The van der Waals surface area contributed by atoms with E-state index in [4.69, 9.17) is 0 Å². The van der Waals surface area contributed by atoms with E-state index in [0.29, 0.717) is 6.42 Å². The molecule has 0 atom stereocenters. The third-order valence-electron chi connectivity index (χ3n) is 3.23. The van der Waals surface area contributed by atoms with Crippen molar-refractivity contribution in [3.63, 3.8) is 0 Å². The molecule has 122 valence electrons. The zero-order valence-electron chi connectivity index (χ0n) is 14.2. The van der Waals surface area contributed by atoms with Crippen LogP contribution in [0.2, 0.25) is 0 Å². The molecular formula is C17H32N2O2. The summed E-state index contributed by atoms with van der Waals surface area (Å²) in [6.07, 6.45) is 12.7. The fraction of sp³-hybridized carbons (Fsp3) is 0.765. The largest absolute Gasteiger partial charge is 0.341 e. The molecule has 0 aromatic carbocycles. The highest BCUT2D eigenvalue weighted by atomic mass is 16.2. The quantitative estimate of drug-likeness (QED) is 0.732. The molecule has 21 heavy (non-hydrogen) atoms. The van der Waals surface area contributed by atoms with Crippen LogP contribution in [0.3, 0.4) is 0 Å². The van der Waals surface area contributed by atoms with Crippen molar-refractivity contribution in [2.45, 2.75) is 59.8 Å². The van der Waals surface area contributed by atoms with Gasteiger partial charge < -0.3 is 9.80 Å². The Morgan fingerprint density at radius 1 is 1.19 bits per heavy atom. The number of rotatable bonds is 5. The van der Waals surface area contributed by atoms with Gasteiger partial charge in [0, 0.05) is 26.1 Å². The Morgan fingerprint density at radius 3 is 2.33 bits per heavy atom. The van der Waals surface area contributed by atoms with Crippen molar-refractivity contribution in [1.29, 1.82) is 0 Å². The Labute approximate surface area is 130 Å². The van der Waals surface area contributed by atoms with E-state index in [1.807, 2.05) is 25.7 Å². The first kappa shape index (κ1) is 21.8. The standard InChI is InChI=1S/C13H24N2O2.C2H6.C2H2/c1-3-9-14(4-2)13(17)11-15-10-7-5-6-8-12(15)16;2*1-2/h3-11H2,1-2H3;1-2H3;1-2H. The highest BCUT2D eigenvalue weighted by Gasteiger charge is 2.21. The van der Waals surface area contributed by atoms with E-state index < -0.39 is 0 Å². The maximum atomic E-state index is 12.0. The number of carbonyl (C=O) groups excluding carboxylic acids is 2. The predicted molar refractivity (Wildman–Crippen MR) is 88.8 cm³/mol. The first-order valence-corrected chi connectivity index (χ1v) is 8.08. The molecule has 1 heterocycles. The van der Waals surface area contributed by atoms with Crippen molar-refractivity contribution in [3.05, 3.63) is 0 Å². The molecule has 0 aromatic rings. The van der Waals surface area contributed by atoms with Crippen molar-refractivity contribution < 1.29 is 9.59 Å². The van der Waals surface area contributed by atoms with Crippen molar-refractivity contribution in [2.24, 2.45) is 0 Å². The Balaban J connectivity index is 0. The molecule has 0 radical (unpaired) electrons. The smallest absolute Gasteiger partial charge is 0.242 e. The highest BCUT2D eigenvalue weighted by Crippen LogP contribution is 2.11. The van der Waals surface area contributed by atoms with E-state index in [1.54, 1.807) is 4.90 Å². The van der Waals surface area contributed by atoms with Gasteiger partial charge in [-0.05, 0) is 26.2 Å². The van der Waals surface area contributed by atoms with Gasteiger partial charge in [-0.3, -0.25) is 9.59 Å². The van der Waals surface area contributed by atoms with Gasteiger partial charge >= 0.3 is 0 Å².